The molecule has 3 nitrogen and oxygen atoms in total. The third kappa shape index (κ3) is 6.36. The first kappa shape index (κ1) is 22.9. The molecule has 0 aliphatic rings. The molecule has 0 spiro atoms. The summed E-state index contributed by atoms with van der Waals surface area (Å²) in [7, 11) is 0. The van der Waals surface area contributed by atoms with E-state index in [-0.39, 0.29) is 12.6 Å². The highest BCUT2D eigenvalue weighted by Gasteiger charge is 2.14. The van der Waals surface area contributed by atoms with Crippen molar-refractivity contribution in [3.63, 3.8) is 0 Å². The van der Waals surface area contributed by atoms with E-state index in [1.807, 2.05) is 66.7 Å². The number of halogens is 2. The highest BCUT2D eigenvalue weighted by atomic mass is 35.5. The molecule has 0 bridgehead atoms. The summed E-state index contributed by atoms with van der Waals surface area (Å²) >= 11 is 12.3. The van der Waals surface area contributed by atoms with Crippen LogP contribution < -0.4 is 4.74 Å². The molecule has 0 aromatic heterocycles. The SMILES string of the molecule is CCOC(=O)COc1ccc(/C(=C(/CCCl)c2ccccc2)c2ccc(Cl)cc2)cc1. The molecule has 0 fully saturated rings. The third-order valence-corrected chi connectivity index (χ3v) is 5.15. The number of allylic oxidation sites excluding steroid dienone is 1. The zero-order valence-corrected chi connectivity index (χ0v) is 18.8. The summed E-state index contributed by atoms with van der Waals surface area (Å²) in [5, 5.41) is 0.685. The highest BCUT2D eigenvalue weighted by molar-refractivity contribution is 6.30. The number of hydrogen-bond acceptors (Lipinski definition) is 3. The van der Waals surface area contributed by atoms with Crippen LogP contribution in [0.15, 0.2) is 78.9 Å². The maximum Gasteiger partial charge on any atom is 0.344 e. The topological polar surface area (TPSA) is 35.5 Å². The summed E-state index contributed by atoms with van der Waals surface area (Å²) < 4.78 is 10.4. The minimum Gasteiger partial charge on any atom is -0.482 e. The molecule has 0 saturated carbocycles. The average Bonchev–Trinajstić information content (AvgIpc) is 2.80. The first-order valence-corrected chi connectivity index (χ1v) is 11.0. The lowest BCUT2D eigenvalue weighted by Crippen LogP contribution is -2.14. The van der Waals surface area contributed by atoms with Crippen LogP contribution in [0.2, 0.25) is 5.02 Å². The normalized spacial score (nSPS) is 11.6. The molecule has 5 heteroatoms. The third-order valence-electron chi connectivity index (χ3n) is 4.71. The number of rotatable bonds is 9. The van der Waals surface area contributed by atoms with Gasteiger partial charge in [0.1, 0.15) is 5.75 Å². The van der Waals surface area contributed by atoms with E-state index in [2.05, 4.69) is 12.1 Å². The van der Waals surface area contributed by atoms with Crippen molar-refractivity contribution in [2.24, 2.45) is 0 Å². The van der Waals surface area contributed by atoms with E-state index in [0.29, 0.717) is 29.7 Å². The van der Waals surface area contributed by atoms with Gasteiger partial charge in [-0.15, -0.1) is 11.6 Å². The van der Waals surface area contributed by atoms with Gasteiger partial charge in [0.15, 0.2) is 6.61 Å². The Kier molecular flexibility index (Phi) is 8.57. The maximum absolute atomic E-state index is 11.5. The van der Waals surface area contributed by atoms with Crippen molar-refractivity contribution in [3.8, 4) is 5.75 Å². The van der Waals surface area contributed by atoms with Gasteiger partial charge in [0.2, 0.25) is 0 Å². The molecular weight excluding hydrogens is 431 g/mol. The van der Waals surface area contributed by atoms with Crippen molar-refractivity contribution in [2.75, 3.05) is 19.1 Å². The molecule has 0 radical (unpaired) electrons. The van der Waals surface area contributed by atoms with Crippen LogP contribution in [0, 0.1) is 0 Å². The van der Waals surface area contributed by atoms with E-state index in [0.717, 1.165) is 27.8 Å². The molecular formula is C26H24Cl2O3. The van der Waals surface area contributed by atoms with Crippen LogP contribution in [-0.4, -0.2) is 25.1 Å². The summed E-state index contributed by atoms with van der Waals surface area (Å²) in [6, 6.07) is 25.7. The standard InChI is InChI=1S/C26H24Cl2O3/c1-2-30-25(29)18-31-23-14-10-21(11-15-23)26(20-8-12-22(28)13-9-20)24(16-17-27)19-6-4-3-5-7-19/h3-15H,2,16-18H2,1H3/b26-24-. The van der Waals surface area contributed by atoms with Gasteiger partial charge in [-0.25, -0.2) is 4.79 Å². The Hall–Kier alpha value is -2.75. The molecule has 0 atom stereocenters. The monoisotopic (exact) mass is 454 g/mol. The van der Waals surface area contributed by atoms with Crippen LogP contribution in [0.1, 0.15) is 30.0 Å². The molecule has 3 aromatic carbocycles. The first-order valence-electron chi connectivity index (χ1n) is 10.1. The van der Waals surface area contributed by atoms with Crippen LogP contribution >= 0.6 is 23.2 Å². The minimum atomic E-state index is -0.387. The summed E-state index contributed by atoms with van der Waals surface area (Å²) in [4.78, 5) is 11.5. The molecule has 31 heavy (non-hydrogen) atoms. The first-order chi connectivity index (χ1) is 15.1. The molecule has 3 aromatic rings. The largest absolute Gasteiger partial charge is 0.482 e. The second kappa shape index (κ2) is 11.6. The lowest BCUT2D eigenvalue weighted by atomic mass is 9.88. The number of alkyl halides is 1. The van der Waals surface area contributed by atoms with Crippen molar-refractivity contribution < 1.29 is 14.3 Å². The Balaban J connectivity index is 2.02. The molecule has 0 heterocycles. The van der Waals surface area contributed by atoms with Gasteiger partial charge in [0.25, 0.3) is 0 Å². The minimum absolute atomic E-state index is 0.116. The van der Waals surface area contributed by atoms with Crippen molar-refractivity contribution in [1.82, 2.24) is 0 Å². The predicted octanol–water partition coefficient (Wildman–Crippen LogP) is 6.87. The summed E-state index contributed by atoms with van der Waals surface area (Å²) in [5.41, 5.74) is 5.43. The number of esters is 1. The van der Waals surface area contributed by atoms with Gasteiger partial charge in [-0.1, -0.05) is 66.2 Å². The summed E-state index contributed by atoms with van der Waals surface area (Å²) in [5.74, 6) is 0.717. The van der Waals surface area contributed by atoms with Gasteiger partial charge >= 0.3 is 5.97 Å². The van der Waals surface area contributed by atoms with Crippen LogP contribution in [0.5, 0.6) is 5.75 Å². The molecule has 0 unspecified atom stereocenters. The fraction of sp³-hybridized carbons (Fsp3) is 0.192. The number of benzene rings is 3. The van der Waals surface area contributed by atoms with E-state index < -0.39 is 0 Å². The second-order valence-electron chi connectivity index (χ2n) is 6.78. The molecule has 0 saturated heterocycles. The molecule has 0 N–H and O–H groups in total. The number of hydrogen-bond donors (Lipinski definition) is 0. The van der Waals surface area contributed by atoms with Crippen LogP contribution in [0.4, 0.5) is 0 Å². The van der Waals surface area contributed by atoms with E-state index in [9.17, 15) is 4.79 Å². The van der Waals surface area contributed by atoms with Gasteiger partial charge in [-0.05, 0) is 65.4 Å². The lowest BCUT2D eigenvalue weighted by Gasteiger charge is -2.17. The van der Waals surface area contributed by atoms with Crippen molar-refractivity contribution in [3.05, 3.63) is 101 Å². The summed E-state index contributed by atoms with van der Waals surface area (Å²) in [6.07, 6.45) is 0.713. The molecule has 0 amide bonds. The average molecular weight is 455 g/mol. The number of carbonyl (C=O) groups excluding carboxylic acids is 1. The Labute approximate surface area is 193 Å². The van der Waals surface area contributed by atoms with Gasteiger partial charge in [-0.3, -0.25) is 0 Å². The van der Waals surface area contributed by atoms with Crippen LogP contribution in [-0.2, 0) is 9.53 Å². The maximum atomic E-state index is 11.5. The highest BCUT2D eigenvalue weighted by Crippen LogP contribution is 2.35. The zero-order chi connectivity index (χ0) is 22.1. The van der Waals surface area contributed by atoms with Crippen LogP contribution in [0.25, 0.3) is 11.1 Å². The van der Waals surface area contributed by atoms with E-state index >= 15 is 0 Å². The Morgan fingerprint density at radius 3 is 2.03 bits per heavy atom. The fourth-order valence-corrected chi connectivity index (χ4v) is 3.66. The van der Waals surface area contributed by atoms with Crippen molar-refractivity contribution in [2.45, 2.75) is 13.3 Å². The Bertz CT molecular complexity index is 1010. The van der Waals surface area contributed by atoms with Gasteiger partial charge in [-0.2, -0.15) is 0 Å². The Morgan fingerprint density at radius 1 is 0.839 bits per heavy atom. The predicted molar refractivity (Wildman–Crippen MR) is 128 cm³/mol. The van der Waals surface area contributed by atoms with Crippen LogP contribution in [0.3, 0.4) is 0 Å². The second-order valence-corrected chi connectivity index (χ2v) is 7.60. The molecule has 0 aliphatic heterocycles. The van der Waals surface area contributed by atoms with Gasteiger partial charge < -0.3 is 9.47 Å². The smallest absolute Gasteiger partial charge is 0.344 e. The molecule has 160 valence electrons. The van der Waals surface area contributed by atoms with Gasteiger partial charge in [0, 0.05) is 10.9 Å². The quantitative estimate of drug-likeness (QED) is 0.201. The van der Waals surface area contributed by atoms with E-state index in [1.165, 1.54) is 0 Å². The van der Waals surface area contributed by atoms with Crippen molar-refractivity contribution >= 4 is 40.3 Å². The lowest BCUT2D eigenvalue weighted by molar-refractivity contribution is -0.145. The zero-order valence-electron chi connectivity index (χ0n) is 17.3. The van der Waals surface area contributed by atoms with Gasteiger partial charge in [0.05, 0.1) is 6.61 Å². The van der Waals surface area contributed by atoms with E-state index in [4.69, 9.17) is 32.7 Å². The number of carbonyl (C=O) groups is 1. The Morgan fingerprint density at radius 2 is 1.45 bits per heavy atom. The molecule has 3 rings (SSSR count). The summed E-state index contributed by atoms with van der Waals surface area (Å²) in [6.45, 7) is 1.98. The fourth-order valence-electron chi connectivity index (χ4n) is 3.34. The molecule has 0 aliphatic carbocycles. The number of ether oxygens (including phenoxy) is 2. The van der Waals surface area contributed by atoms with Crippen molar-refractivity contribution in [1.29, 1.82) is 0 Å². The van der Waals surface area contributed by atoms with E-state index in [1.54, 1.807) is 6.92 Å².